The van der Waals surface area contributed by atoms with Crippen molar-refractivity contribution in [3.05, 3.63) is 64.7 Å². The number of urea groups is 1. The van der Waals surface area contributed by atoms with E-state index in [1.165, 1.54) is 25.8 Å². The molecular formula is C33H47N5O6. The van der Waals surface area contributed by atoms with Crippen molar-refractivity contribution < 1.29 is 28.6 Å². The van der Waals surface area contributed by atoms with Crippen LogP contribution < -0.4 is 4.74 Å². The van der Waals surface area contributed by atoms with E-state index in [9.17, 15) is 14.4 Å². The second-order valence-electron chi connectivity index (χ2n) is 13.1. The van der Waals surface area contributed by atoms with Crippen LogP contribution in [0.1, 0.15) is 63.8 Å². The Morgan fingerprint density at radius 1 is 0.864 bits per heavy atom. The number of rotatable bonds is 6. The number of carbonyl (C=O) groups excluding carboxylic acids is 3. The zero-order valence-electron chi connectivity index (χ0n) is 27.8. The van der Waals surface area contributed by atoms with Gasteiger partial charge in [-0.2, -0.15) is 0 Å². The molecule has 0 N–H and O–H groups in total. The molecule has 0 unspecified atom stereocenters. The highest BCUT2D eigenvalue weighted by Gasteiger charge is 2.35. The van der Waals surface area contributed by atoms with Gasteiger partial charge >= 0.3 is 18.2 Å². The van der Waals surface area contributed by atoms with Crippen molar-refractivity contribution in [2.24, 2.45) is 4.99 Å². The second kappa shape index (κ2) is 14.0. The Morgan fingerprint density at radius 3 is 1.95 bits per heavy atom. The van der Waals surface area contributed by atoms with Crippen LogP contribution in [0.5, 0.6) is 5.75 Å². The lowest BCUT2D eigenvalue weighted by Gasteiger charge is -2.42. The molecule has 240 valence electrons. The molecule has 3 rings (SSSR count). The third-order valence-electron chi connectivity index (χ3n) is 6.73. The lowest BCUT2D eigenvalue weighted by atomic mass is 9.98. The van der Waals surface area contributed by atoms with Gasteiger partial charge in [0.05, 0.1) is 27.0 Å². The van der Waals surface area contributed by atoms with Crippen LogP contribution >= 0.6 is 0 Å². The summed E-state index contributed by atoms with van der Waals surface area (Å²) < 4.78 is 16.5. The van der Waals surface area contributed by atoms with Crippen LogP contribution in [-0.2, 0) is 28.9 Å². The molecule has 11 nitrogen and oxygen atoms in total. The molecule has 0 atom stereocenters. The number of methoxy groups -OCH3 is 1. The van der Waals surface area contributed by atoms with E-state index in [1.807, 2.05) is 31.2 Å². The number of nitrogens with zero attached hydrogens (tertiary/aromatic N) is 5. The van der Waals surface area contributed by atoms with E-state index in [1.54, 1.807) is 67.6 Å². The zero-order chi connectivity index (χ0) is 32.8. The van der Waals surface area contributed by atoms with Crippen molar-refractivity contribution in [2.45, 2.75) is 79.1 Å². The summed E-state index contributed by atoms with van der Waals surface area (Å²) in [6.45, 7) is 12.9. The fraction of sp³-hybridized carbons (Fsp3) is 0.515. The van der Waals surface area contributed by atoms with E-state index in [0.29, 0.717) is 0 Å². The van der Waals surface area contributed by atoms with Gasteiger partial charge in [0.25, 0.3) is 0 Å². The lowest BCUT2D eigenvalue weighted by Crippen LogP contribution is -2.60. The third-order valence-corrected chi connectivity index (χ3v) is 6.73. The summed E-state index contributed by atoms with van der Waals surface area (Å²) in [5.41, 5.74) is 2.70. The number of hydrogen-bond donors (Lipinski definition) is 0. The van der Waals surface area contributed by atoms with Gasteiger partial charge in [-0.15, -0.1) is 4.99 Å². The first-order chi connectivity index (χ1) is 20.5. The molecule has 2 aromatic carbocycles. The Morgan fingerprint density at radius 2 is 1.43 bits per heavy atom. The van der Waals surface area contributed by atoms with Crippen molar-refractivity contribution >= 4 is 24.2 Å². The van der Waals surface area contributed by atoms with E-state index in [0.717, 1.165) is 29.7 Å². The van der Waals surface area contributed by atoms with Crippen molar-refractivity contribution in [2.75, 3.05) is 34.5 Å². The summed E-state index contributed by atoms with van der Waals surface area (Å²) in [7, 11) is 4.93. The summed E-state index contributed by atoms with van der Waals surface area (Å²) in [4.78, 5) is 49.5. The first-order valence-electron chi connectivity index (χ1n) is 14.7. The Balaban J connectivity index is 1.96. The second-order valence-corrected chi connectivity index (χ2v) is 13.1. The molecule has 1 aliphatic rings. The molecule has 4 amide bonds. The maximum Gasteiger partial charge on any atom is 0.437 e. The normalized spacial score (nSPS) is 14.5. The quantitative estimate of drug-likeness (QED) is 0.291. The largest absolute Gasteiger partial charge is 0.497 e. The van der Waals surface area contributed by atoms with Crippen LogP contribution in [0.2, 0.25) is 0 Å². The lowest BCUT2D eigenvalue weighted by molar-refractivity contribution is 0.0300. The summed E-state index contributed by atoms with van der Waals surface area (Å²) in [6, 6.07) is 13.9. The number of carbonyl (C=O) groups is 3. The predicted octanol–water partition coefficient (Wildman–Crippen LogP) is 6.03. The summed E-state index contributed by atoms with van der Waals surface area (Å²) >= 11 is 0. The molecule has 0 aromatic heterocycles. The van der Waals surface area contributed by atoms with E-state index in [4.69, 9.17) is 14.2 Å². The maximum absolute atomic E-state index is 13.7. The van der Waals surface area contributed by atoms with Crippen LogP contribution in [-0.4, -0.2) is 89.5 Å². The van der Waals surface area contributed by atoms with Gasteiger partial charge in [-0.05, 0) is 95.7 Å². The van der Waals surface area contributed by atoms with Crippen LogP contribution in [0.25, 0.3) is 0 Å². The highest BCUT2D eigenvalue weighted by atomic mass is 16.6. The molecule has 44 heavy (non-hydrogen) atoms. The number of hydrogen-bond acceptors (Lipinski definition) is 6. The van der Waals surface area contributed by atoms with Crippen molar-refractivity contribution in [1.29, 1.82) is 0 Å². The van der Waals surface area contributed by atoms with Gasteiger partial charge in [0.15, 0.2) is 0 Å². The molecule has 1 fully saturated rings. The average Bonchev–Trinajstić information content (AvgIpc) is 2.91. The first-order valence-corrected chi connectivity index (χ1v) is 14.7. The molecule has 2 aromatic rings. The van der Waals surface area contributed by atoms with E-state index in [-0.39, 0.29) is 31.9 Å². The molecule has 1 heterocycles. The van der Waals surface area contributed by atoms with Crippen molar-refractivity contribution in [3.8, 4) is 5.75 Å². The van der Waals surface area contributed by atoms with Crippen molar-refractivity contribution in [3.63, 3.8) is 0 Å². The molecule has 11 heteroatoms. The van der Waals surface area contributed by atoms with Gasteiger partial charge in [-0.3, -0.25) is 0 Å². The fourth-order valence-electron chi connectivity index (χ4n) is 4.69. The topological polar surface area (TPSA) is 104 Å². The minimum Gasteiger partial charge on any atom is -0.497 e. The molecule has 0 saturated carbocycles. The van der Waals surface area contributed by atoms with E-state index >= 15 is 0 Å². The van der Waals surface area contributed by atoms with Gasteiger partial charge < -0.3 is 28.9 Å². The van der Waals surface area contributed by atoms with E-state index < -0.39 is 23.4 Å². The van der Waals surface area contributed by atoms with Crippen LogP contribution in [0.15, 0.2) is 47.5 Å². The molecule has 1 aliphatic heterocycles. The minimum atomic E-state index is -0.853. The molecule has 0 spiro atoms. The highest BCUT2D eigenvalue weighted by Crippen LogP contribution is 2.21. The zero-order valence-corrected chi connectivity index (χ0v) is 27.8. The first kappa shape index (κ1) is 34.2. The Hall–Kier alpha value is -4.28. The average molecular weight is 610 g/mol. The summed E-state index contributed by atoms with van der Waals surface area (Å²) in [5.74, 6) is 0.855. The number of amides is 4. The number of ether oxygens (including phenoxy) is 3. The predicted molar refractivity (Wildman–Crippen MR) is 170 cm³/mol. The summed E-state index contributed by atoms with van der Waals surface area (Å²) in [5, 5.41) is 0. The van der Waals surface area contributed by atoms with Crippen LogP contribution in [0, 0.1) is 6.92 Å². The Bertz CT molecular complexity index is 1350. The van der Waals surface area contributed by atoms with Crippen LogP contribution in [0.4, 0.5) is 14.4 Å². The highest BCUT2D eigenvalue weighted by molar-refractivity contribution is 5.99. The van der Waals surface area contributed by atoms with Gasteiger partial charge in [-0.25, -0.2) is 19.3 Å². The smallest absolute Gasteiger partial charge is 0.437 e. The van der Waals surface area contributed by atoms with Gasteiger partial charge in [-0.1, -0.05) is 30.3 Å². The SMILES string of the molecule is COc1ccc(CCc2ccc(CN(C(=O)OC(C)(C)C)/C(=N/C(=O)OC(C)(C)C)N3CN(C)C(=O)N(C)C3)cc2C)cc1. The Kier molecular flexibility index (Phi) is 10.9. The fourth-order valence-corrected chi connectivity index (χ4v) is 4.69. The molecule has 0 bridgehead atoms. The monoisotopic (exact) mass is 609 g/mol. The number of benzene rings is 2. The van der Waals surface area contributed by atoms with Gasteiger partial charge in [0.2, 0.25) is 5.96 Å². The molecule has 1 saturated heterocycles. The van der Waals surface area contributed by atoms with Gasteiger partial charge in [0.1, 0.15) is 17.0 Å². The Labute approximate surface area is 261 Å². The van der Waals surface area contributed by atoms with Crippen molar-refractivity contribution in [1.82, 2.24) is 19.6 Å². The standard InChI is InChI=1S/C33H47N5O6/c1-23-19-25(12-16-26(23)15-11-24-13-17-27(42-10)18-14-24)20-38(31(41)44-33(5,6)7)28(34-29(39)43-32(2,3)4)37-21-35(8)30(40)36(9)22-37/h12-14,16-19H,11,15,20-22H2,1-10H3/b34-28+. The van der Waals surface area contributed by atoms with Crippen LogP contribution in [0.3, 0.4) is 0 Å². The van der Waals surface area contributed by atoms with Gasteiger partial charge in [0, 0.05) is 14.1 Å². The third kappa shape index (κ3) is 9.89. The molecular weight excluding hydrogens is 562 g/mol. The van der Waals surface area contributed by atoms with E-state index in [2.05, 4.69) is 23.2 Å². The number of guanidine groups is 1. The number of aliphatic imine (C=N–C) groups is 1. The summed E-state index contributed by atoms with van der Waals surface area (Å²) in [6.07, 6.45) is 0.187. The number of aryl methyl sites for hydroxylation is 3. The molecule has 0 aliphatic carbocycles. The maximum atomic E-state index is 13.7. The minimum absolute atomic E-state index is 0.0286. The molecule has 0 radical (unpaired) electrons.